The summed E-state index contributed by atoms with van der Waals surface area (Å²) in [5.74, 6) is -0.947. The van der Waals surface area contributed by atoms with Crippen molar-refractivity contribution in [2.75, 3.05) is 5.32 Å². The van der Waals surface area contributed by atoms with Crippen LogP contribution >= 0.6 is 23.2 Å². The van der Waals surface area contributed by atoms with Crippen LogP contribution in [0, 0.1) is 0 Å². The summed E-state index contributed by atoms with van der Waals surface area (Å²) in [7, 11) is 1.73. The minimum Gasteiger partial charge on any atom is -0.363 e. The van der Waals surface area contributed by atoms with Crippen LogP contribution in [0.3, 0.4) is 0 Å². The molecule has 3 heterocycles. The summed E-state index contributed by atoms with van der Waals surface area (Å²) in [5, 5.41) is 14.1. The largest absolute Gasteiger partial charge is 0.453 e. The second-order valence-corrected chi connectivity index (χ2v) is 5.46. The molecule has 11 heteroatoms. The predicted molar refractivity (Wildman–Crippen MR) is 78.5 cm³/mol. The molecule has 0 radical (unpaired) electrons. The lowest BCUT2D eigenvalue weighted by atomic mass is 10.4. The topological polar surface area (TPSA) is 60.0 Å². The number of fused-ring (bicyclic) bond motifs is 1. The van der Waals surface area contributed by atoms with Crippen LogP contribution in [0.1, 0.15) is 11.5 Å². The molecule has 0 aliphatic carbocycles. The Morgan fingerprint density at radius 1 is 1.22 bits per heavy atom. The lowest BCUT2D eigenvalue weighted by Crippen LogP contribution is -2.14. The van der Waals surface area contributed by atoms with Crippen LogP contribution in [0.15, 0.2) is 18.2 Å². The molecule has 6 nitrogen and oxygen atoms in total. The second-order valence-electron chi connectivity index (χ2n) is 4.70. The van der Waals surface area contributed by atoms with Gasteiger partial charge in [0.1, 0.15) is 11.0 Å². The molecule has 0 saturated heterocycles. The number of nitrogens with one attached hydrogen (secondary N) is 1. The van der Waals surface area contributed by atoms with E-state index in [2.05, 4.69) is 20.6 Å². The molecule has 0 amide bonds. The normalized spacial score (nSPS) is 12.1. The van der Waals surface area contributed by atoms with Crippen molar-refractivity contribution in [3.05, 3.63) is 39.9 Å². The third-order valence-corrected chi connectivity index (χ3v) is 4.02. The van der Waals surface area contributed by atoms with Gasteiger partial charge in [-0.1, -0.05) is 23.2 Å². The molecule has 0 spiro atoms. The first-order chi connectivity index (χ1) is 10.8. The molecule has 3 aromatic heterocycles. The van der Waals surface area contributed by atoms with Gasteiger partial charge in [-0.3, -0.25) is 0 Å². The number of halogens is 5. The summed E-state index contributed by atoms with van der Waals surface area (Å²) in [6.07, 6.45) is -4.63. The van der Waals surface area contributed by atoms with Gasteiger partial charge in [-0.15, -0.1) is 15.3 Å². The Morgan fingerprint density at radius 3 is 2.57 bits per heavy atom. The molecule has 0 atom stereocenters. The molecular formula is C12H9Cl2F3N6. The van der Waals surface area contributed by atoms with E-state index in [1.807, 2.05) is 0 Å². The van der Waals surface area contributed by atoms with Gasteiger partial charge in [0.25, 0.3) is 5.82 Å². The summed E-state index contributed by atoms with van der Waals surface area (Å²) < 4.78 is 40.8. The average molecular weight is 365 g/mol. The van der Waals surface area contributed by atoms with Crippen LogP contribution in [0.2, 0.25) is 10.2 Å². The summed E-state index contributed by atoms with van der Waals surface area (Å²) in [5.41, 5.74) is 0.759. The summed E-state index contributed by atoms with van der Waals surface area (Å²) in [4.78, 5) is 0. The van der Waals surface area contributed by atoms with Crippen molar-refractivity contribution in [1.82, 2.24) is 24.4 Å². The number of aromatic nitrogens is 5. The maximum absolute atomic E-state index is 12.8. The van der Waals surface area contributed by atoms with Gasteiger partial charge in [0.15, 0.2) is 5.65 Å². The van der Waals surface area contributed by atoms with Gasteiger partial charge in [0.2, 0.25) is 0 Å². The Morgan fingerprint density at radius 2 is 1.96 bits per heavy atom. The molecule has 23 heavy (non-hydrogen) atoms. The highest BCUT2D eigenvalue weighted by Crippen LogP contribution is 2.28. The zero-order valence-electron chi connectivity index (χ0n) is 11.6. The first-order valence-electron chi connectivity index (χ1n) is 6.30. The molecule has 0 aromatic carbocycles. The molecule has 3 aromatic rings. The number of rotatable bonds is 3. The number of alkyl halides is 3. The van der Waals surface area contributed by atoms with Crippen LogP contribution in [-0.4, -0.2) is 24.4 Å². The molecule has 0 fully saturated rings. The van der Waals surface area contributed by atoms with Gasteiger partial charge < -0.3 is 9.88 Å². The van der Waals surface area contributed by atoms with E-state index in [4.69, 9.17) is 23.2 Å². The van der Waals surface area contributed by atoms with Crippen molar-refractivity contribution in [1.29, 1.82) is 0 Å². The monoisotopic (exact) mass is 364 g/mol. The molecule has 0 bridgehead atoms. The van der Waals surface area contributed by atoms with E-state index < -0.39 is 12.0 Å². The average Bonchev–Trinajstić information content (AvgIpc) is 3.01. The highest BCUT2D eigenvalue weighted by atomic mass is 35.5. The summed E-state index contributed by atoms with van der Waals surface area (Å²) in [6.45, 7) is 0.283. The molecular weight excluding hydrogens is 356 g/mol. The van der Waals surface area contributed by atoms with Gasteiger partial charge in [0.05, 0.1) is 11.6 Å². The van der Waals surface area contributed by atoms with E-state index in [0.29, 0.717) is 14.7 Å². The van der Waals surface area contributed by atoms with E-state index in [0.717, 1.165) is 5.69 Å². The third-order valence-electron chi connectivity index (χ3n) is 3.18. The Kier molecular flexibility index (Phi) is 3.85. The maximum Gasteiger partial charge on any atom is 0.453 e. The predicted octanol–water partition coefficient (Wildman–Crippen LogP) is 3.40. The fraction of sp³-hybridized carbons (Fsp3) is 0.250. The summed E-state index contributed by atoms with van der Waals surface area (Å²) >= 11 is 11.9. The fourth-order valence-corrected chi connectivity index (χ4v) is 2.42. The van der Waals surface area contributed by atoms with E-state index in [1.165, 1.54) is 12.1 Å². The SMILES string of the molecule is Cn1c(CNc2ccc3nnc(C(F)(F)F)n3n2)cc(Cl)c1Cl. The van der Waals surface area contributed by atoms with E-state index >= 15 is 0 Å². The third kappa shape index (κ3) is 2.93. The van der Waals surface area contributed by atoms with Gasteiger partial charge in [-0.25, -0.2) is 0 Å². The number of anilines is 1. The summed E-state index contributed by atoms with van der Waals surface area (Å²) in [6, 6.07) is 4.56. The van der Waals surface area contributed by atoms with Crippen molar-refractivity contribution in [2.45, 2.75) is 12.7 Å². The Labute approximate surface area is 137 Å². The van der Waals surface area contributed by atoms with Crippen molar-refractivity contribution < 1.29 is 13.2 Å². The smallest absolute Gasteiger partial charge is 0.363 e. The zero-order valence-corrected chi connectivity index (χ0v) is 13.1. The standard InChI is InChI=1S/C12H9Cl2F3N6/c1-22-6(4-7(13)10(22)14)5-18-8-2-3-9-19-20-11(12(15,16)17)23(9)21-8/h2-4H,5H2,1H3,(H,18,21). The number of hydrogen-bond acceptors (Lipinski definition) is 4. The molecule has 0 unspecified atom stereocenters. The second kappa shape index (κ2) is 5.57. The van der Waals surface area contributed by atoms with Crippen LogP contribution in [0.4, 0.5) is 19.0 Å². The van der Waals surface area contributed by atoms with Gasteiger partial charge in [-0.2, -0.15) is 17.7 Å². The van der Waals surface area contributed by atoms with Crippen LogP contribution in [0.5, 0.6) is 0 Å². The minimum absolute atomic E-state index is 0.00725. The lowest BCUT2D eigenvalue weighted by molar-refractivity contribution is -0.146. The van der Waals surface area contributed by atoms with E-state index in [1.54, 1.807) is 17.7 Å². The van der Waals surface area contributed by atoms with Crippen molar-refractivity contribution in [3.8, 4) is 0 Å². The quantitative estimate of drug-likeness (QED) is 0.773. The van der Waals surface area contributed by atoms with Crippen LogP contribution in [-0.2, 0) is 19.8 Å². The molecule has 1 N–H and O–H groups in total. The van der Waals surface area contributed by atoms with Crippen molar-refractivity contribution >= 4 is 34.7 Å². The molecule has 3 rings (SSSR count). The lowest BCUT2D eigenvalue weighted by Gasteiger charge is -2.08. The number of nitrogens with zero attached hydrogens (tertiary/aromatic N) is 5. The maximum atomic E-state index is 12.8. The van der Waals surface area contributed by atoms with Crippen molar-refractivity contribution in [3.63, 3.8) is 0 Å². The first-order valence-corrected chi connectivity index (χ1v) is 7.06. The van der Waals surface area contributed by atoms with Crippen LogP contribution in [0.25, 0.3) is 5.65 Å². The Hall–Kier alpha value is -2.00. The first kappa shape index (κ1) is 15.9. The highest BCUT2D eigenvalue weighted by molar-refractivity contribution is 6.41. The molecule has 0 saturated carbocycles. The fourth-order valence-electron chi connectivity index (χ4n) is 2.00. The van der Waals surface area contributed by atoms with E-state index in [-0.39, 0.29) is 18.0 Å². The molecule has 0 aliphatic rings. The highest BCUT2D eigenvalue weighted by Gasteiger charge is 2.37. The van der Waals surface area contributed by atoms with Gasteiger partial charge >= 0.3 is 6.18 Å². The minimum atomic E-state index is -4.63. The van der Waals surface area contributed by atoms with E-state index in [9.17, 15) is 13.2 Å². The van der Waals surface area contributed by atoms with Crippen molar-refractivity contribution in [2.24, 2.45) is 7.05 Å². The van der Waals surface area contributed by atoms with Gasteiger partial charge in [-0.05, 0) is 18.2 Å². The number of hydrogen-bond donors (Lipinski definition) is 1. The Bertz CT molecular complexity index is 870. The molecule has 0 aliphatic heterocycles. The zero-order chi connectivity index (χ0) is 16.8. The molecule has 122 valence electrons. The Balaban J connectivity index is 1.87. The van der Waals surface area contributed by atoms with Crippen LogP contribution < -0.4 is 5.32 Å². The van der Waals surface area contributed by atoms with Gasteiger partial charge in [0, 0.05) is 12.7 Å².